The van der Waals surface area contributed by atoms with E-state index in [1.54, 1.807) is 0 Å². The lowest BCUT2D eigenvalue weighted by molar-refractivity contribution is 0.315. The van der Waals surface area contributed by atoms with Gasteiger partial charge in [0.1, 0.15) is 5.84 Å². The molecule has 1 saturated carbocycles. The molecule has 1 aliphatic rings. The highest BCUT2D eigenvalue weighted by Gasteiger charge is 2.17. The molecule has 4 heteroatoms. The fourth-order valence-electron chi connectivity index (χ4n) is 3.21. The van der Waals surface area contributed by atoms with Gasteiger partial charge in [-0.3, -0.25) is 0 Å². The summed E-state index contributed by atoms with van der Waals surface area (Å²) in [4.78, 5) is 0. The van der Waals surface area contributed by atoms with Crippen LogP contribution in [0.5, 0.6) is 0 Å². The monoisotopic (exact) mass is 289 g/mol. The first-order chi connectivity index (χ1) is 10.3. The standard InChI is InChI=1S/C17H27N3O/c18-17(20-21)16(15-10-2-1-3-11-15)13-19-12-6-9-14-7-4-5-8-14/h1-3,10-11,14,16,19,21H,4-9,12-13H2,(H2,18,20). The second-order valence-electron chi connectivity index (χ2n) is 5.98. The van der Waals surface area contributed by atoms with Crippen molar-refractivity contribution in [3.63, 3.8) is 0 Å². The number of hydrogen-bond donors (Lipinski definition) is 3. The summed E-state index contributed by atoms with van der Waals surface area (Å²) in [5, 5.41) is 15.6. The summed E-state index contributed by atoms with van der Waals surface area (Å²) in [6.45, 7) is 1.71. The van der Waals surface area contributed by atoms with E-state index in [2.05, 4.69) is 10.5 Å². The second kappa shape index (κ2) is 8.67. The van der Waals surface area contributed by atoms with Crippen LogP contribution in [0, 0.1) is 5.92 Å². The van der Waals surface area contributed by atoms with Crippen LogP contribution in [0.25, 0.3) is 0 Å². The molecular weight excluding hydrogens is 262 g/mol. The highest BCUT2D eigenvalue weighted by atomic mass is 16.4. The Morgan fingerprint density at radius 2 is 2.00 bits per heavy atom. The van der Waals surface area contributed by atoms with Crippen molar-refractivity contribution in [2.45, 2.75) is 44.4 Å². The van der Waals surface area contributed by atoms with Gasteiger partial charge in [0.2, 0.25) is 0 Å². The first kappa shape index (κ1) is 15.8. The minimum absolute atomic E-state index is 0.0670. The highest BCUT2D eigenvalue weighted by molar-refractivity contribution is 5.87. The molecule has 0 amide bonds. The molecule has 0 heterocycles. The summed E-state index contributed by atoms with van der Waals surface area (Å²) in [6, 6.07) is 9.97. The average molecular weight is 289 g/mol. The Balaban J connectivity index is 1.74. The Labute approximate surface area is 127 Å². The summed E-state index contributed by atoms with van der Waals surface area (Å²) in [6.07, 6.45) is 8.19. The maximum Gasteiger partial charge on any atom is 0.147 e. The van der Waals surface area contributed by atoms with Gasteiger partial charge in [0.05, 0.1) is 5.92 Å². The van der Waals surface area contributed by atoms with E-state index in [1.165, 1.54) is 38.5 Å². The molecule has 21 heavy (non-hydrogen) atoms. The third-order valence-corrected chi connectivity index (χ3v) is 4.46. The number of hydrogen-bond acceptors (Lipinski definition) is 3. The van der Waals surface area contributed by atoms with Gasteiger partial charge in [-0.15, -0.1) is 0 Å². The van der Waals surface area contributed by atoms with Crippen LogP contribution in [0.15, 0.2) is 35.5 Å². The Kier molecular flexibility index (Phi) is 6.54. The molecule has 2 rings (SSSR count). The minimum atomic E-state index is -0.0670. The van der Waals surface area contributed by atoms with Crippen LogP contribution in [-0.2, 0) is 0 Å². The maximum absolute atomic E-state index is 8.95. The minimum Gasteiger partial charge on any atom is -0.409 e. The van der Waals surface area contributed by atoms with Crippen molar-refractivity contribution < 1.29 is 5.21 Å². The summed E-state index contributed by atoms with van der Waals surface area (Å²) in [5.41, 5.74) is 6.90. The third-order valence-electron chi connectivity index (χ3n) is 4.46. The molecule has 1 aromatic rings. The Bertz CT molecular complexity index is 427. The molecule has 1 aromatic carbocycles. The first-order valence-corrected chi connectivity index (χ1v) is 8.04. The van der Waals surface area contributed by atoms with Gasteiger partial charge in [-0.05, 0) is 30.9 Å². The van der Waals surface area contributed by atoms with Gasteiger partial charge in [-0.1, -0.05) is 61.2 Å². The molecule has 0 bridgehead atoms. The van der Waals surface area contributed by atoms with Gasteiger partial charge < -0.3 is 16.3 Å². The van der Waals surface area contributed by atoms with Gasteiger partial charge in [0.15, 0.2) is 0 Å². The number of rotatable bonds is 8. The normalized spacial score (nSPS) is 18.0. The third kappa shape index (κ3) is 5.05. The van der Waals surface area contributed by atoms with Gasteiger partial charge in [-0.25, -0.2) is 0 Å². The number of nitrogens with zero attached hydrogens (tertiary/aromatic N) is 1. The van der Waals surface area contributed by atoms with Crippen molar-refractivity contribution in [3.05, 3.63) is 35.9 Å². The van der Waals surface area contributed by atoms with E-state index in [0.29, 0.717) is 6.54 Å². The van der Waals surface area contributed by atoms with E-state index in [9.17, 15) is 0 Å². The van der Waals surface area contributed by atoms with Gasteiger partial charge >= 0.3 is 0 Å². The van der Waals surface area contributed by atoms with E-state index < -0.39 is 0 Å². The molecule has 1 aliphatic carbocycles. The molecule has 1 unspecified atom stereocenters. The van der Waals surface area contributed by atoms with Crippen LogP contribution < -0.4 is 11.1 Å². The van der Waals surface area contributed by atoms with Crippen LogP contribution in [0.1, 0.15) is 50.0 Å². The van der Waals surface area contributed by atoms with Crippen LogP contribution in [0.3, 0.4) is 0 Å². The number of nitrogens with two attached hydrogens (primary N) is 1. The van der Waals surface area contributed by atoms with E-state index >= 15 is 0 Å². The van der Waals surface area contributed by atoms with E-state index in [1.807, 2.05) is 30.3 Å². The van der Waals surface area contributed by atoms with Crippen molar-refractivity contribution in [1.29, 1.82) is 0 Å². The van der Waals surface area contributed by atoms with Crippen LogP contribution in [-0.4, -0.2) is 24.1 Å². The topological polar surface area (TPSA) is 70.6 Å². The summed E-state index contributed by atoms with van der Waals surface area (Å²) in [5.74, 6) is 1.15. The average Bonchev–Trinajstić information content (AvgIpc) is 3.04. The number of amidine groups is 1. The molecular formula is C17H27N3O. The molecule has 0 aliphatic heterocycles. The lowest BCUT2D eigenvalue weighted by Gasteiger charge is -2.17. The maximum atomic E-state index is 8.95. The van der Waals surface area contributed by atoms with Crippen LogP contribution >= 0.6 is 0 Å². The van der Waals surface area contributed by atoms with E-state index in [0.717, 1.165) is 18.0 Å². The zero-order chi connectivity index (χ0) is 14.9. The van der Waals surface area contributed by atoms with E-state index in [-0.39, 0.29) is 11.8 Å². The Morgan fingerprint density at radius 1 is 1.29 bits per heavy atom. The summed E-state index contributed by atoms with van der Waals surface area (Å²) < 4.78 is 0. The van der Waals surface area contributed by atoms with Crippen LogP contribution in [0.4, 0.5) is 0 Å². The quantitative estimate of drug-likeness (QED) is 0.226. The number of oxime groups is 1. The molecule has 116 valence electrons. The van der Waals surface area contributed by atoms with Crippen molar-refractivity contribution in [2.24, 2.45) is 16.8 Å². The lowest BCUT2D eigenvalue weighted by Crippen LogP contribution is -2.32. The lowest BCUT2D eigenvalue weighted by atomic mass is 9.97. The number of nitrogens with one attached hydrogen (secondary N) is 1. The largest absolute Gasteiger partial charge is 0.409 e. The molecule has 0 spiro atoms. The zero-order valence-corrected chi connectivity index (χ0v) is 12.7. The molecule has 4 N–H and O–H groups in total. The van der Waals surface area contributed by atoms with Gasteiger partial charge in [-0.2, -0.15) is 0 Å². The van der Waals surface area contributed by atoms with Crippen molar-refractivity contribution in [3.8, 4) is 0 Å². The zero-order valence-electron chi connectivity index (χ0n) is 12.7. The van der Waals surface area contributed by atoms with Crippen molar-refractivity contribution in [2.75, 3.05) is 13.1 Å². The molecule has 0 radical (unpaired) electrons. The molecule has 0 saturated heterocycles. The number of benzene rings is 1. The highest BCUT2D eigenvalue weighted by Crippen LogP contribution is 2.28. The van der Waals surface area contributed by atoms with Crippen molar-refractivity contribution in [1.82, 2.24) is 5.32 Å². The molecule has 4 nitrogen and oxygen atoms in total. The fraction of sp³-hybridized carbons (Fsp3) is 0.588. The summed E-state index contributed by atoms with van der Waals surface area (Å²) >= 11 is 0. The molecule has 1 fully saturated rings. The predicted molar refractivity (Wildman–Crippen MR) is 86.7 cm³/mol. The Hall–Kier alpha value is -1.55. The SMILES string of the molecule is N/C(=N/O)C(CNCCCC1CCCC1)c1ccccc1. The van der Waals surface area contributed by atoms with Gasteiger partial charge in [0, 0.05) is 6.54 Å². The predicted octanol–water partition coefficient (Wildman–Crippen LogP) is 3.08. The Morgan fingerprint density at radius 3 is 2.67 bits per heavy atom. The second-order valence-corrected chi connectivity index (χ2v) is 5.98. The van der Waals surface area contributed by atoms with Gasteiger partial charge in [0.25, 0.3) is 0 Å². The van der Waals surface area contributed by atoms with E-state index in [4.69, 9.17) is 10.9 Å². The molecule has 0 aromatic heterocycles. The first-order valence-electron chi connectivity index (χ1n) is 8.04. The van der Waals surface area contributed by atoms with Crippen LogP contribution in [0.2, 0.25) is 0 Å². The smallest absolute Gasteiger partial charge is 0.147 e. The fourth-order valence-corrected chi connectivity index (χ4v) is 3.21. The summed E-state index contributed by atoms with van der Waals surface area (Å²) in [7, 11) is 0. The van der Waals surface area contributed by atoms with Crippen molar-refractivity contribution >= 4 is 5.84 Å². The molecule has 1 atom stereocenters.